The summed E-state index contributed by atoms with van der Waals surface area (Å²) in [4.78, 5) is 35.4. The number of rotatable bonds is 44. The molecule has 0 aromatic rings. The highest BCUT2D eigenvalue weighted by Crippen LogP contribution is 2.43. The number of nitrogens with zero attached hydrogens (tertiary/aromatic N) is 1. The molecule has 10 heteroatoms. The van der Waals surface area contributed by atoms with Crippen LogP contribution in [0, 0.1) is 0 Å². The molecule has 9 nitrogen and oxygen atoms in total. The second-order valence-corrected chi connectivity index (χ2v) is 19.0. The van der Waals surface area contributed by atoms with Crippen molar-refractivity contribution in [3.05, 3.63) is 0 Å². The number of quaternary nitrogens is 1. The largest absolute Gasteiger partial charge is 0.472 e. The Morgan fingerprint density at radius 3 is 1.14 bits per heavy atom. The summed E-state index contributed by atoms with van der Waals surface area (Å²) >= 11 is 0. The number of hydrogen-bond acceptors (Lipinski definition) is 7. The van der Waals surface area contributed by atoms with Crippen LogP contribution in [0.25, 0.3) is 0 Å². The molecule has 0 bridgehead atoms. The van der Waals surface area contributed by atoms with Crippen molar-refractivity contribution in [2.45, 2.75) is 238 Å². The lowest BCUT2D eigenvalue weighted by atomic mass is 10.0. The molecule has 0 aliphatic rings. The number of unbranched alkanes of at least 4 members (excludes halogenated alkanes) is 30. The molecule has 0 heterocycles. The second kappa shape index (κ2) is 39.5. The highest BCUT2D eigenvalue weighted by atomic mass is 31.2. The number of esters is 2. The molecule has 0 spiro atoms. The Kier molecular flexibility index (Phi) is 38.8. The normalized spacial score (nSPS) is 13.5. The predicted octanol–water partition coefficient (Wildman–Crippen LogP) is 13.6. The van der Waals surface area contributed by atoms with Crippen molar-refractivity contribution in [2.75, 3.05) is 47.5 Å². The van der Waals surface area contributed by atoms with Gasteiger partial charge < -0.3 is 18.9 Å². The fourth-order valence-corrected chi connectivity index (χ4v) is 7.64. The van der Waals surface area contributed by atoms with Crippen molar-refractivity contribution < 1.29 is 42.1 Å². The van der Waals surface area contributed by atoms with Gasteiger partial charge >= 0.3 is 19.8 Å². The van der Waals surface area contributed by atoms with Crippen LogP contribution in [0.1, 0.15) is 232 Å². The molecule has 1 unspecified atom stereocenters. The van der Waals surface area contributed by atoms with E-state index in [9.17, 15) is 19.0 Å². The van der Waals surface area contributed by atoms with E-state index in [1.165, 1.54) is 167 Å². The highest BCUT2D eigenvalue weighted by Gasteiger charge is 2.27. The molecule has 56 heavy (non-hydrogen) atoms. The zero-order valence-electron chi connectivity index (χ0n) is 37.6. The molecule has 0 aliphatic heterocycles. The Balaban J connectivity index is 4.24. The molecule has 0 radical (unpaired) electrons. The molecular formula is C46H93NO8P+. The van der Waals surface area contributed by atoms with Crippen LogP contribution in [0.5, 0.6) is 0 Å². The minimum atomic E-state index is -4.37. The van der Waals surface area contributed by atoms with Crippen molar-refractivity contribution in [1.82, 2.24) is 0 Å². The first-order valence-corrected chi connectivity index (χ1v) is 25.3. The van der Waals surface area contributed by atoms with E-state index in [1.807, 2.05) is 21.1 Å². The molecule has 0 aliphatic carbocycles. The van der Waals surface area contributed by atoms with Gasteiger partial charge in [0.25, 0.3) is 0 Å². The standard InChI is InChI=1S/C46H92NO8P/c1-6-8-10-12-14-16-18-20-21-22-23-24-25-27-29-31-33-35-37-39-46(49)55-44(43-54-56(50,51)53-41-40-47(3,4)5)42-52-45(48)38-36-34-32-30-28-26-19-17-15-13-11-9-7-2/h44H,6-43H2,1-5H3/p+1/t44-/m1/s1. The average Bonchev–Trinajstić information content (AvgIpc) is 3.15. The van der Waals surface area contributed by atoms with E-state index in [0.717, 1.165) is 38.5 Å². The number of carbonyl (C=O) groups is 2. The van der Waals surface area contributed by atoms with Gasteiger partial charge in [0.2, 0.25) is 0 Å². The fourth-order valence-electron chi connectivity index (χ4n) is 6.90. The number of hydrogen-bond donors (Lipinski definition) is 1. The van der Waals surface area contributed by atoms with Gasteiger partial charge in [-0.25, -0.2) is 4.57 Å². The minimum absolute atomic E-state index is 0.0369. The van der Waals surface area contributed by atoms with Crippen LogP contribution in [0.4, 0.5) is 0 Å². The van der Waals surface area contributed by atoms with Crippen LogP contribution < -0.4 is 0 Å². The van der Waals surface area contributed by atoms with Crippen LogP contribution in [-0.2, 0) is 32.7 Å². The summed E-state index contributed by atoms with van der Waals surface area (Å²) in [5, 5.41) is 0. The van der Waals surface area contributed by atoms with E-state index in [-0.39, 0.29) is 25.6 Å². The Hall–Kier alpha value is -0.990. The van der Waals surface area contributed by atoms with Crippen molar-refractivity contribution >= 4 is 19.8 Å². The summed E-state index contributed by atoms with van der Waals surface area (Å²) in [7, 11) is 1.49. The third kappa shape index (κ3) is 42.6. The smallest absolute Gasteiger partial charge is 0.462 e. The molecule has 334 valence electrons. The molecule has 0 rings (SSSR count). The minimum Gasteiger partial charge on any atom is -0.462 e. The summed E-state index contributed by atoms with van der Waals surface area (Å²) < 4.78 is 34.4. The van der Waals surface area contributed by atoms with E-state index in [0.29, 0.717) is 17.4 Å². The predicted molar refractivity (Wildman–Crippen MR) is 234 cm³/mol. The topological polar surface area (TPSA) is 108 Å². The van der Waals surface area contributed by atoms with E-state index in [2.05, 4.69) is 13.8 Å². The number of likely N-dealkylation sites (N-methyl/N-ethyl adjacent to an activating group) is 1. The van der Waals surface area contributed by atoms with Gasteiger partial charge in [-0.05, 0) is 12.8 Å². The van der Waals surface area contributed by atoms with Crippen molar-refractivity contribution in [3.63, 3.8) is 0 Å². The van der Waals surface area contributed by atoms with Crippen LogP contribution >= 0.6 is 7.82 Å². The quantitative estimate of drug-likeness (QED) is 0.0280. The molecule has 1 N–H and O–H groups in total. The van der Waals surface area contributed by atoms with Gasteiger partial charge in [-0.15, -0.1) is 0 Å². The van der Waals surface area contributed by atoms with E-state index < -0.39 is 26.5 Å². The molecule has 0 aromatic heterocycles. The lowest BCUT2D eigenvalue weighted by Crippen LogP contribution is -2.37. The summed E-state index contributed by atoms with van der Waals surface area (Å²) in [5.74, 6) is -0.781. The first-order valence-electron chi connectivity index (χ1n) is 23.8. The third-order valence-corrected chi connectivity index (χ3v) is 11.6. The zero-order chi connectivity index (χ0) is 41.4. The monoisotopic (exact) mass is 819 g/mol. The van der Waals surface area contributed by atoms with E-state index >= 15 is 0 Å². The SMILES string of the molecule is CCCCCCCCCCCCCCCCCCCCCC(=O)O[C@H](COC(=O)CCCCCCCCCCCCCCC)COP(=O)(O)OCC[N+](C)(C)C. The molecule has 0 aromatic carbocycles. The lowest BCUT2D eigenvalue weighted by molar-refractivity contribution is -0.870. The maximum atomic E-state index is 12.7. The van der Waals surface area contributed by atoms with Gasteiger partial charge in [0.15, 0.2) is 6.10 Å². The van der Waals surface area contributed by atoms with Gasteiger partial charge in [0.05, 0.1) is 27.7 Å². The van der Waals surface area contributed by atoms with Gasteiger partial charge in [0.1, 0.15) is 19.8 Å². The summed E-state index contributed by atoms with van der Waals surface area (Å²) in [6.45, 7) is 4.47. The van der Waals surface area contributed by atoms with Gasteiger partial charge in [-0.1, -0.05) is 206 Å². The molecule has 0 amide bonds. The Labute approximate surface area is 346 Å². The van der Waals surface area contributed by atoms with E-state index in [1.54, 1.807) is 0 Å². The number of ether oxygens (including phenoxy) is 2. The number of phosphoric ester groups is 1. The summed E-state index contributed by atoms with van der Waals surface area (Å²) in [5.41, 5.74) is 0. The summed E-state index contributed by atoms with van der Waals surface area (Å²) in [6.07, 6.45) is 40.0. The lowest BCUT2D eigenvalue weighted by Gasteiger charge is -2.24. The van der Waals surface area contributed by atoms with Gasteiger partial charge in [0, 0.05) is 12.8 Å². The Morgan fingerprint density at radius 2 is 0.804 bits per heavy atom. The molecule has 2 atom stereocenters. The van der Waals surface area contributed by atoms with E-state index in [4.69, 9.17) is 18.5 Å². The third-order valence-electron chi connectivity index (χ3n) is 10.6. The number of phosphoric acid groups is 1. The maximum absolute atomic E-state index is 12.7. The molecular weight excluding hydrogens is 725 g/mol. The average molecular weight is 819 g/mol. The molecule has 0 saturated carbocycles. The molecule has 0 fully saturated rings. The first kappa shape index (κ1) is 55.0. The van der Waals surface area contributed by atoms with Crippen LogP contribution in [-0.4, -0.2) is 74.9 Å². The van der Waals surface area contributed by atoms with Gasteiger partial charge in [-0.3, -0.25) is 18.6 Å². The summed E-state index contributed by atoms with van der Waals surface area (Å²) in [6, 6.07) is 0. The van der Waals surface area contributed by atoms with Crippen molar-refractivity contribution in [3.8, 4) is 0 Å². The Bertz CT molecular complexity index is 927. The van der Waals surface area contributed by atoms with Crippen LogP contribution in [0.2, 0.25) is 0 Å². The maximum Gasteiger partial charge on any atom is 0.472 e. The Morgan fingerprint density at radius 1 is 0.482 bits per heavy atom. The van der Waals surface area contributed by atoms with Crippen molar-refractivity contribution in [2.24, 2.45) is 0 Å². The van der Waals surface area contributed by atoms with Crippen LogP contribution in [0.3, 0.4) is 0 Å². The van der Waals surface area contributed by atoms with Crippen LogP contribution in [0.15, 0.2) is 0 Å². The zero-order valence-corrected chi connectivity index (χ0v) is 38.5. The highest BCUT2D eigenvalue weighted by molar-refractivity contribution is 7.47. The second-order valence-electron chi connectivity index (χ2n) is 17.5. The van der Waals surface area contributed by atoms with Crippen molar-refractivity contribution in [1.29, 1.82) is 0 Å². The number of carbonyl (C=O) groups excluding carboxylic acids is 2. The molecule has 0 saturated heterocycles. The fraction of sp³-hybridized carbons (Fsp3) is 0.957. The first-order chi connectivity index (χ1) is 27.0. The van der Waals surface area contributed by atoms with Gasteiger partial charge in [-0.2, -0.15) is 0 Å².